The number of allylic oxidation sites excluding steroid dienone is 5. The standard InChI is InChI=1S/C13H10BrNO2/c14-11-5-10(7-15-8-11)13(17)6-12(16)9-3-1-2-4-9/h1-9,17H/b13-6-. The van der Waals surface area contributed by atoms with E-state index in [1.54, 1.807) is 24.4 Å². The Morgan fingerprint density at radius 2 is 2.06 bits per heavy atom. The fourth-order valence-electron chi connectivity index (χ4n) is 1.49. The van der Waals surface area contributed by atoms with Crippen molar-refractivity contribution in [2.24, 2.45) is 5.92 Å². The van der Waals surface area contributed by atoms with E-state index in [0.717, 1.165) is 4.47 Å². The van der Waals surface area contributed by atoms with Crippen LogP contribution in [0, 0.1) is 5.92 Å². The first-order chi connectivity index (χ1) is 8.16. The van der Waals surface area contributed by atoms with Crippen molar-refractivity contribution in [2.45, 2.75) is 0 Å². The number of rotatable bonds is 3. The molecule has 1 aliphatic carbocycles. The summed E-state index contributed by atoms with van der Waals surface area (Å²) < 4.78 is 0.753. The number of aromatic nitrogens is 1. The summed E-state index contributed by atoms with van der Waals surface area (Å²) in [4.78, 5) is 15.7. The maximum atomic E-state index is 11.7. The second-order valence-corrected chi connectivity index (χ2v) is 4.54. The van der Waals surface area contributed by atoms with Gasteiger partial charge in [0.25, 0.3) is 0 Å². The summed E-state index contributed by atoms with van der Waals surface area (Å²) in [6, 6.07) is 1.70. The smallest absolute Gasteiger partial charge is 0.170 e. The molecule has 0 aromatic carbocycles. The Bertz CT molecular complexity index is 520. The first-order valence-electron chi connectivity index (χ1n) is 5.07. The molecular weight excluding hydrogens is 282 g/mol. The Hall–Kier alpha value is -1.68. The maximum Gasteiger partial charge on any atom is 0.170 e. The average molecular weight is 292 g/mol. The number of hydrogen-bond donors (Lipinski definition) is 1. The van der Waals surface area contributed by atoms with Crippen molar-refractivity contribution in [2.75, 3.05) is 0 Å². The molecule has 0 fully saturated rings. The molecule has 1 N–H and O–H groups in total. The van der Waals surface area contributed by atoms with Gasteiger partial charge in [-0.3, -0.25) is 9.78 Å². The SMILES string of the molecule is O=C(/C=C(\O)c1cncc(Br)c1)C1C=CC=C1. The molecule has 1 aromatic heterocycles. The van der Waals surface area contributed by atoms with Gasteiger partial charge in [0.15, 0.2) is 5.78 Å². The molecule has 0 atom stereocenters. The number of halogens is 1. The van der Waals surface area contributed by atoms with Crippen LogP contribution in [-0.2, 0) is 4.79 Å². The molecule has 1 heterocycles. The Balaban J connectivity index is 2.19. The second-order valence-electron chi connectivity index (χ2n) is 3.62. The van der Waals surface area contributed by atoms with Gasteiger partial charge in [0.2, 0.25) is 0 Å². The lowest BCUT2D eigenvalue weighted by atomic mass is 10.0. The molecule has 0 spiro atoms. The van der Waals surface area contributed by atoms with Gasteiger partial charge in [-0.15, -0.1) is 0 Å². The van der Waals surface area contributed by atoms with Crippen LogP contribution in [0.15, 0.2) is 53.3 Å². The quantitative estimate of drug-likeness (QED) is 0.688. The highest BCUT2D eigenvalue weighted by Gasteiger charge is 2.13. The largest absolute Gasteiger partial charge is 0.507 e. The number of hydrogen-bond acceptors (Lipinski definition) is 3. The molecule has 0 radical (unpaired) electrons. The molecule has 86 valence electrons. The monoisotopic (exact) mass is 291 g/mol. The molecular formula is C13H10BrNO2. The van der Waals surface area contributed by atoms with Gasteiger partial charge >= 0.3 is 0 Å². The molecule has 4 heteroatoms. The van der Waals surface area contributed by atoms with Gasteiger partial charge < -0.3 is 5.11 Å². The third kappa shape index (κ3) is 2.91. The first-order valence-corrected chi connectivity index (χ1v) is 5.86. The lowest BCUT2D eigenvalue weighted by Gasteiger charge is -2.02. The van der Waals surface area contributed by atoms with E-state index in [1.807, 2.05) is 12.2 Å². The minimum absolute atomic E-state index is 0.0718. The average Bonchev–Trinajstić information content (AvgIpc) is 2.82. The van der Waals surface area contributed by atoms with E-state index in [2.05, 4.69) is 20.9 Å². The van der Waals surface area contributed by atoms with Gasteiger partial charge in [0, 0.05) is 28.5 Å². The highest BCUT2D eigenvalue weighted by molar-refractivity contribution is 9.10. The summed E-state index contributed by atoms with van der Waals surface area (Å²) in [5, 5.41) is 9.81. The molecule has 0 aliphatic heterocycles. The van der Waals surface area contributed by atoms with Crippen molar-refractivity contribution >= 4 is 27.5 Å². The van der Waals surface area contributed by atoms with Gasteiger partial charge in [-0.05, 0) is 22.0 Å². The van der Waals surface area contributed by atoms with Gasteiger partial charge in [0.1, 0.15) is 5.76 Å². The summed E-state index contributed by atoms with van der Waals surface area (Å²) >= 11 is 3.25. The van der Waals surface area contributed by atoms with E-state index in [-0.39, 0.29) is 17.5 Å². The Morgan fingerprint density at radius 1 is 1.35 bits per heavy atom. The Kier molecular flexibility index (Phi) is 3.54. The fourth-order valence-corrected chi connectivity index (χ4v) is 1.85. The number of aliphatic hydroxyl groups excluding tert-OH is 1. The van der Waals surface area contributed by atoms with Crippen LogP contribution in [-0.4, -0.2) is 15.9 Å². The summed E-state index contributed by atoms with van der Waals surface area (Å²) in [7, 11) is 0. The number of carbonyl (C=O) groups excluding carboxylic acids is 1. The van der Waals surface area contributed by atoms with E-state index in [4.69, 9.17) is 0 Å². The molecule has 0 bridgehead atoms. The second kappa shape index (κ2) is 5.10. The molecule has 2 rings (SSSR count). The van der Waals surface area contributed by atoms with Crippen molar-refractivity contribution in [1.29, 1.82) is 0 Å². The number of carbonyl (C=O) groups is 1. The molecule has 1 aromatic rings. The predicted molar refractivity (Wildman–Crippen MR) is 69.3 cm³/mol. The van der Waals surface area contributed by atoms with Crippen molar-refractivity contribution in [3.8, 4) is 0 Å². The Morgan fingerprint density at radius 3 is 2.71 bits per heavy atom. The van der Waals surface area contributed by atoms with Crippen LogP contribution in [0.1, 0.15) is 5.56 Å². The molecule has 0 unspecified atom stereocenters. The summed E-state index contributed by atoms with van der Waals surface area (Å²) in [5.41, 5.74) is 0.513. The zero-order valence-electron chi connectivity index (χ0n) is 8.88. The van der Waals surface area contributed by atoms with Crippen LogP contribution in [0.25, 0.3) is 5.76 Å². The molecule has 17 heavy (non-hydrogen) atoms. The zero-order valence-corrected chi connectivity index (χ0v) is 10.5. The number of ketones is 1. The number of aliphatic hydroxyl groups is 1. The van der Waals surface area contributed by atoms with Crippen molar-refractivity contribution in [3.05, 3.63) is 58.9 Å². The minimum Gasteiger partial charge on any atom is -0.507 e. The predicted octanol–water partition coefficient (Wildman–Crippen LogP) is 3.05. The van der Waals surface area contributed by atoms with Crippen molar-refractivity contribution in [1.82, 2.24) is 4.98 Å². The van der Waals surface area contributed by atoms with E-state index in [1.165, 1.54) is 12.3 Å². The zero-order chi connectivity index (χ0) is 12.3. The third-order valence-corrected chi connectivity index (χ3v) is 2.79. The summed E-state index contributed by atoms with van der Waals surface area (Å²) in [6.07, 6.45) is 11.5. The van der Waals surface area contributed by atoms with Crippen LogP contribution in [0.2, 0.25) is 0 Å². The van der Waals surface area contributed by atoms with Crippen LogP contribution in [0.5, 0.6) is 0 Å². The van der Waals surface area contributed by atoms with Gasteiger partial charge in [-0.25, -0.2) is 0 Å². The van der Waals surface area contributed by atoms with Gasteiger partial charge in [-0.2, -0.15) is 0 Å². The fraction of sp³-hybridized carbons (Fsp3) is 0.0769. The highest BCUT2D eigenvalue weighted by atomic mass is 79.9. The van der Waals surface area contributed by atoms with Crippen LogP contribution >= 0.6 is 15.9 Å². The minimum atomic E-state index is -0.266. The molecule has 0 saturated heterocycles. The van der Waals surface area contributed by atoms with Crippen molar-refractivity contribution < 1.29 is 9.90 Å². The summed E-state index contributed by atoms with van der Waals surface area (Å²) in [5.74, 6) is -0.484. The number of nitrogens with zero attached hydrogens (tertiary/aromatic N) is 1. The van der Waals surface area contributed by atoms with Gasteiger partial charge in [0.05, 0.1) is 5.92 Å². The van der Waals surface area contributed by atoms with Crippen molar-refractivity contribution in [3.63, 3.8) is 0 Å². The number of pyridine rings is 1. The maximum absolute atomic E-state index is 11.7. The molecule has 0 saturated carbocycles. The third-order valence-electron chi connectivity index (χ3n) is 2.36. The van der Waals surface area contributed by atoms with Gasteiger partial charge in [-0.1, -0.05) is 24.3 Å². The molecule has 0 amide bonds. The first kappa shape index (κ1) is 11.8. The lowest BCUT2D eigenvalue weighted by molar-refractivity contribution is -0.115. The van der Waals surface area contributed by atoms with Crippen LogP contribution in [0.4, 0.5) is 0 Å². The van der Waals surface area contributed by atoms with E-state index < -0.39 is 0 Å². The van der Waals surface area contributed by atoms with E-state index in [9.17, 15) is 9.90 Å². The summed E-state index contributed by atoms with van der Waals surface area (Å²) in [6.45, 7) is 0. The van der Waals surface area contributed by atoms with Crippen LogP contribution < -0.4 is 0 Å². The topological polar surface area (TPSA) is 50.2 Å². The normalized spacial score (nSPS) is 15.5. The van der Waals surface area contributed by atoms with E-state index in [0.29, 0.717) is 5.56 Å². The van der Waals surface area contributed by atoms with Crippen LogP contribution in [0.3, 0.4) is 0 Å². The lowest BCUT2D eigenvalue weighted by Crippen LogP contribution is -2.05. The Labute approximate surface area is 107 Å². The highest BCUT2D eigenvalue weighted by Crippen LogP contribution is 2.18. The van der Waals surface area contributed by atoms with E-state index >= 15 is 0 Å². The molecule has 1 aliphatic rings. The molecule has 3 nitrogen and oxygen atoms in total.